The molecule has 0 spiro atoms. The van der Waals surface area contributed by atoms with Crippen LogP contribution in [0.5, 0.6) is 0 Å². The Balaban J connectivity index is 2.18. The van der Waals surface area contributed by atoms with E-state index in [1.807, 2.05) is 0 Å². The first-order valence-electron chi connectivity index (χ1n) is 5.03. The lowest BCUT2D eigenvalue weighted by Crippen LogP contribution is -2.19. The number of carbonyl (C=O) groups excluding carboxylic acids is 1. The van der Waals surface area contributed by atoms with Gasteiger partial charge in [0, 0.05) is 5.56 Å². The molecule has 0 radical (unpaired) electrons. The summed E-state index contributed by atoms with van der Waals surface area (Å²) in [5, 5.41) is 18.5. The Hall–Kier alpha value is -2.27. The summed E-state index contributed by atoms with van der Waals surface area (Å²) in [7, 11) is 0. The molecular formula is C11H6F2N4OS. The second-order valence-electron chi connectivity index (χ2n) is 3.45. The van der Waals surface area contributed by atoms with Crippen LogP contribution in [0, 0.1) is 23.0 Å². The van der Waals surface area contributed by atoms with Gasteiger partial charge in [-0.05, 0) is 12.1 Å². The first kappa shape index (κ1) is 13.2. The molecule has 0 bridgehead atoms. The lowest BCUT2D eigenvalue weighted by molar-refractivity contribution is -0.116. The van der Waals surface area contributed by atoms with E-state index < -0.39 is 11.6 Å². The second-order valence-corrected chi connectivity index (χ2v) is 4.42. The van der Waals surface area contributed by atoms with E-state index in [0.717, 1.165) is 30.1 Å². The third-order valence-corrected chi connectivity index (χ3v) is 3.00. The minimum absolute atomic E-state index is 0.129. The van der Waals surface area contributed by atoms with Crippen molar-refractivity contribution in [1.29, 1.82) is 5.26 Å². The number of benzene rings is 1. The highest BCUT2D eigenvalue weighted by molar-refractivity contribution is 8.15. The van der Waals surface area contributed by atoms with Crippen molar-refractivity contribution in [2.45, 2.75) is 0 Å². The quantitative estimate of drug-likeness (QED) is 0.657. The molecular weight excluding hydrogens is 274 g/mol. The molecule has 0 saturated carbocycles. The van der Waals surface area contributed by atoms with Crippen LogP contribution in [0.1, 0.15) is 11.1 Å². The van der Waals surface area contributed by atoms with Gasteiger partial charge in [-0.25, -0.2) is 8.78 Å². The van der Waals surface area contributed by atoms with Gasteiger partial charge in [-0.1, -0.05) is 11.8 Å². The van der Waals surface area contributed by atoms with Crippen molar-refractivity contribution >= 4 is 29.1 Å². The number of halogens is 2. The Morgan fingerprint density at radius 1 is 1.42 bits per heavy atom. The molecule has 1 aliphatic heterocycles. The highest BCUT2D eigenvalue weighted by Gasteiger charge is 2.16. The maximum atomic E-state index is 13.4. The van der Waals surface area contributed by atoms with Crippen LogP contribution in [0.3, 0.4) is 0 Å². The molecule has 0 aromatic heterocycles. The molecule has 5 nitrogen and oxygen atoms in total. The highest BCUT2D eigenvalue weighted by Crippen LogP contribution is 2.13. The Morgan fingerprint density at radius 2 is 2.21 bits per heavy atom. The topological polar surface area (TPSA) is 77.6 Å². The van der Waals surface area contributed by atoms with E-state index in [1.54, 1.807) is 0 Å². The number of carbonyl (C=O) groups is 1. The van der Waals surface area contributed by atoms with E-state index in [-0.39, 0.29) is 22.8 Å². The summed E-state index contributed by atoms with van der Waals surface area (Å²) in [6.45, 7) is 0. The van der Waals surface area contributed by atoms with Gasteiger partial charge in [0.2, 0.25) is 5.91 Å². The summed E-state index contributed by atoms with van der Waals surface area (Å²) in [6.07, 6.45) is 1.01. The molecule has 8 heteroatoms. The summed E-state index contributed by atoms with van der Waals surface area (Å²) in [5.41, 5.74) is -0.505. The number of amides is 1. The van der Waals surface area contributed by atoms with Crippen molar-refractivity contribution in [3.63, 3.8) is 0 Å². The van der Waals surface area contributed by atoms with Crippen LogP contribution in [0.25, 0.3) is 0 Å². The van der Waals surface area contributed by atoms with Crippen LogP contribution in [0.15, 0.2) is 22.3 Å². The number of thioether (sulfide) groups is 1. The zero-order chi connectivity index (χ0) is 13.8. The zero-order valence-corrected chi connectivity index (χ0v) is 10.2. The molecule has 1 heterocycles. The second kappa shape index (κ2) is 5.58. The van der Waals surface area contributed by atoms with Crippen LogP contribution in [0.2, 0.25) is 0 Å². The Bertz CT molecular complexity index is 636. The van der Waals surface area contributed by atoms with E-state index in [4.69, 9.17) is 5.26 Å². The smallest absolute Gasteiger partial charge is 0.236 e. The van der Waals surface area contributed by atoms with Gasteiger partial charge in [0.05, 0.1) is 17.5 Å². The van der Waals surface area contributed by atoms with Gasteiger partial charge in [0.15, 0.2) is 5.17 Å². The van der Waals surface area contributed by atoms with Crippen LogP contribution < -0.4 is 5.32 Å². The average Bonchev–Trinajstić information content (AvgIpc) is 2.79. The molecule has 96 valence electrons. The Labute approximate surface area is 111 Å². The van der Waals surface area contributed by atoms with E-state index in [0.29, 0.717) is 5.17 Å². The molecule has 0 aliphatic carbocycles. The van der Waals surface area contributed by atoms with E-state index in [1.165, 1.54) is 6.07 Å². The first-order chi connectivity index (χ1) is 9.10. The van der Waals surface area contributed by atoms with Crippen LogP contribution in [0.4, 0.5) is 8.78 Å². The zero-order valence-electron chi connectivity index (χ0n) is 9.35. The number of amidine groups is 1. The first-order valence-corrected chi connectivity index (χ1v) is 6.01. The molecule has 2 rings (SSSR count). The minimum Gasteiger partial charge on any atom is -0.303 e. The standard InChI is InChI=1S/C11H6F2N4OS/c12-8-2-7(9(13)1-6(8)3-14)4-15-17-11-16-10(18)5-19-11/h1-2,4H,5H2,(H,16,17,18). The third kappa shape index (κ3) is 3.14. The van der Waals surface area contributed by atoms with Crippen molar-refractivity contribution in [3.05, 3.63) is 34.9 Å². The fourth-order valence-electron chi connectivity index (χ4n) is 1.27. The Morgan fingerprint density at radius 3 is 2.84 bits per heavy atom. The predicted molar refractivity (Wildman–Crippen MR) is 66.7 cm³/mol. The Kier molecular flexibility index (Phi) is 3.87. The molecule has 0 atom stereocenters. The van der Waals surface area contributed by atoms with Gasteiger partial charge in [-0.15, -0.1) is 5.10 Å². The maximum Gasteiger partial charge on any atom is 0.236 e. The highest BCUT2D eigenvalue weighted by atomic mass is 32.2. The van der Waals surface area contributed by atoms with Crippen molar-refractivity contribution in [3.8, 4) is 6.07 Å². The summed E-state index contributed by atoms with van der Waals surface area (Å²) < 4.78 is 26.7. The summed E-state index contributed by atoms with van der Waals surface area (Å²) in [5.74, 6) is -1.53. The molecule has 0 unspecified atom stereocenters. The van der Waals surface area contributed by atoms with E-state index >= 15 is 0 Å². The van der Waals surface area contributed by atoms with Crippen LogP contribution in [-0.2, 0) is 4.79 Å². The van der Waals surface area contributed by atoms with Gasteiger partial charge >= 0.3 is 0 Å². The van der Waals surface area contributed by atoms with Crippen LogP contribution in [-0.4, -0.2) is 23.0 Å². The summed E-state index contributed by atoms with van der Waals surface area (Å²) >= 11 is 1.16. The molecule has 1 fully saturated rings. The monoisotopic (exact) mass is 280 g/mol. The number of rotatable bonds is 2. The number of nitrogens with zero attached hydrogens (tertiary/aromatic N) is 3. The van der Waals surface area contributed by atoms with Crippen molar-refractivity contribution in [2.24, 2.45) is 10.2 Å². The fourth-order valence-corrected chi connectivity index (χ4v) is 1.90. The normalized spacial score (nSPS) is 16.9. The minimum atomic E-state index is -0.832. The lowest BCUT2D eigenvalue weighted by atomic mass is 10.1. The third-order valence-electron chi connectivity index (χ3n) is 2.14. The van der Waals surface area contributed by atoms with E-state index in [2.05, 4.69) is 15.5 Å². The van der Waals surface area contributed by atoms with Crippen molar-refractivity contribution in [2.75, 3.05) is 5.75 Å². The summed E-state index contributed by atoms with van der Waals surface area (Å²) in [4.78, 5) is 10.9. The predicted octanol–water partition coefficient (Wildman–Crippen LogP) is 1.39. The lowest BCUT2D eigenvalue weighted by Gasteiger charge is -1.98. The summed E-state index contributed by atoms with van der Waals surface area (Å²) in [6, 6.07) is 3.18. The molecule has 1 aromatic carbocycles. The van der Waals surface area contributed by atoms with Crippen molar-refractivity contribution in [1.82, 2.24) is 5.32 Å². The number of nitriles is 1. The number of hydrogen-bond donors (Lipinski definition) is 1. The largest absolute Gasteiger partial charge is 0.303 e. The van der Waals surface area contributed by atoms with Crippen LogP contribution >= 0.6 is 11.8 Å². The molecule has 1 saturated heterocycles. The molecule has 1 aromatic rings. The molecule has 19 heavy (non-hydrogen) atoms. The van der Waals surface area contributed by atoms with Crippen molar-refractivity contribution < 1.29 is 13.6 Å². The SMILES string of the molecule is N#Cc1cc(F)c(C=NN=C2NC(=O)CS2)cc1F. The van der Waals surface area contributed by atoms with E-state index in [9.17, 15) is 13.6 Å². The van der Waals surface area contributed by atoms with Gasteiger partial charge in [-0.3, -0.25) is 4.79 Å². The fraction of sp³-hybridized carbons (Fsp3) is 0.0909. The van der Waals surface area contributed by atoms with Gasteiger partial charge in [0.1, 0.15) is 17.7 Å². The maximum absolute atomic E-state index is 13.4. The molecule has 1 N–H and O–H groups in total. The molecule has 1 aliphatic rings. The molecule has 1 amide bonds. The number of nitrogens with one attached hydrogen (secondary N) is 1. The van der Waals surface area contributed by atoms with Gasteiger partial charge < -0.3 is 5.32 Å². The average molecular weight is 280 g/mol. The van der Waals surface area contributed by atoms with Gasteiger partial charge in [-0.2, -0.15) is 10.4 Å². The van der Waals surface area contributed by atoms with Gasteiger partial charge in [0.25, 0.3) is 0 Å². The number of hydrogen-bond acceptors (Lipinski definition) is 5.